The van der Waals surface area contributed by atoms with Crippen molar-refractivity contribution in [3.05, 3.63) is 82.3 Å². The topological polar surface area (TPSA) is 113 Å². The van der Waals surface area contributed by atoms with Crippen LogP contribution in [0.4, 0.5) is 5.69 Å². The number of quaternary nitrogens is 1. The van der Waals surface area contributed by atoms with E-state index >= 15 is 0 Å². The van der Waals surface area contributed by atoms with Gasteiger partial charge in [-0.25, -0.2) is 4.68 Å². The number of para-hydroxylation sites is 1. The largest absolute Gasteiger partial charge is 0.550 e. The number of carbonyl (C=O) groups excluding carboxylic acids is 2. The quantitative estimate of drug-likeness (QED) is 0.533. The molecule has 8 heteroatoms. The fraction of sp³-hybridized carbons (Fsp3) is 0.227. The highest BCUT2D eigenvalue weighted by atomic mass is 16.4. The number of rotatable bonds is 8. The van der Waals surface area contributed by atoms with Crippen LogP contribution in [0.2, 0.25) is 0 Å². The van der Waals surface area contributed by atoms with Gasteiger partial charge < -0.3 is 20.5 Å². The summed E-state index contributed by atoms with van der Waals surface area (Å²) in [6.07, 6.45) is -0.461. The number of hydrogen-bond donors (Lipinski definition) is 2. The predicted molar refractivity (Wildman–Crippen MR) is 110 cm³/mol. The number of carbonyl (C=O) groups is 2. The van der Waals surface area contributed by atoms with E-state index in [0.29, 0.717) is 17.9 Å². The van der Waals surface area contributed by atoms with Gasteiger partial charge in [-0.1, -0.05) is 48.5 Å². The third-order valence-electron chi connectivity index (χ3n) is 5.01. The molecule has 0 aliphatic rings. The van der Waals surface area contributed by atoms with E-state index < -0.39 is 24.3 Å². The van der Waals surface area contributed by atoms with E-state index in [4.69, 9.17) is 0 Å². The summed E-state index contributed by atoms with van der Waals surface area (Å²) in [4.78, 5) is 37.0. The molecule has 0 aliphatic heterocycles. The maximum atomic E-state index is 13.0. The van der Waals surface area contributed by atoms with Crippen LogP contribution in [-0.2, 0) is 23.2 Å². The summed E-state index contributed by atoms with van der Waals surface area (Å²) >= 11 is 0. The molecule has 0 aliphatic carbocycles. The Morgan fingerprint density at radius 2 is 1.67 bits per heavy atom. The van der Waals surface area contributed by atoms with Gasteiger partial charge in [-0.05, 0) is 19.1 Å². The van der Waals surface area contributed by atoms with Crippen molar-refractivity contribution in [3.63, 3.8) is 0 Å². The summed E-state index contributed by atoms with van der Waals surface area (Å²) in [5, 5.41) is 15.4. The van der Waals surface area contributed by atoms with E-state index in [0.717, 1.165) is 5.56 Å². The van der Waals surface area contributed by atoms with Gasteiger partial charge in [0.15, 0.2) is 6.04 Å². The molecule has 2 aromatic carbocycles. The Hall–Kier alpha value is -3.65. The molecule has 0 fully saturated rings. The fourth-order valence-electron chi connectivity index (χ4n) is 3.28. The number of aromatic nitrogens is 2. The summed E-state index contributed by atoms with van der Waals surface area (Å²) in [6.45, 7) is 2.14. The van der Waals surface area contributed by atoms with Crippen LogP contribution in [0.5, 0.6) is 0 Å². The third-order valence-corrected chi connectivity index (χ3v) is 5.01. The second-order valence-electron chi connectivity index (χ2n) is 7.03. The average Bonchev–Trinajstić information content (AvgIpc) is 2.95. The van der Waals surface area contributed by atoms with Gasteiger partial charge in [-0.3, -0.25) is 14.3 Å². The van der Waals surface area contributed by atoms with Crippen molar-refractivity contribution < 1.29 is 20.0 Å². The maximum Gasteiger partial charge on any atom is 0.295 e. The first-order chi connectivity index (χ1) is 14.4. The lowest BCUT2D eigenvalue weighted by Crippen LogP contribution is -2.91. The van der Waals surface area contributed by atoms with Crippen LogP contribution in [-0.4, -0.2) is 27.3 Å². The van der Waals surface area contributed by atoms with Crippen LogP contribution in [0.15, 0.2) is 65.5 Å². The van der Waals surface area contributed by atoms with Gasteiger partial charge in [0.05, 0.1) is 11.4 Å². The SMILES string of the molecule is Cc1c(NC(=O)C(CC(=O)[O-])[NH2+]Cc2ccccc2)c(=O)n(-c2ccccc2)n1C. The van der Waals surface area contributed by atoms with Gasteiger partial charge in [0.2, 0.25) is 0 Å². The Morgan fingerprint density at radius 1 is 1.07 bits per heavy atom. The fourth-order valence-corrected chi connectivity index (χ4v) is 3.28. The van der Waals surface area contributed by atoms with E-state index in [1.807, 2.05) is 48.5 Å². The van der Waals surface area contributed by atoms with E-state index in [2.05, 4.69) is 5.32 Å². The van der Waals surface area contributed by atoms with Crippen molar-refractivity contribution in [1.29, 1.82) is 0 Å². The Morgan fingerprint density at radius 3 is 2.27 bits per heavy atom. The summed E-state index contributed by atoms with van der Waals surface area (Å²) < 4.78 is 3.10. The van der Waals surface area contributed by atoms with E-state index in [1.165, 1.54) is 4.68 Å². The molecule has 30 heavy (non-hydrogen) atoms. The van der Waals surface area contributed by atoms with Gasteiger partial charge in [-0.2, -0.15) is 0 Å². The Balaban J connectivity index is 1.83. The molecule has 0 saturated carbocycles. The minimum atomic E-state index is -1.33. The lowest BCUT2D eigenvalue weighted by atomic mass is 10.1. The van der Waals surface area contributed by atoms with E-state index in [1.54, 1.807) is 36.1 Å². The highest BCUT2D eigenvalue weighted by Gasteiger charge is 2.26. The van der Waals surface area contributed by atoms with E-state index in [-0.39, 0.29) is 11.2 Å². The zero-order chi connectivity index (χ0) is 21.7. The van der Waals surface area contributed by atoms with Gasteiger partial charge in [-0.15, -0.1) is 0 Å². The van der Waals surface area contributed by atoms with E-state index in [9.17, 15) is 19.5 Å². The minimum absolute atomic E-state index is 0.128. The monoisotopic (exact) mass is 408 g/mol. The van der Waals surface area contributed by atoms with Gasteiger partial charge in [0.1, 0.15) is 12.2 Å². The third kappa shape index (κ3) is 4.66. The standard InChI is InChI=1S/C22H24N4O4/c1-15-20(22(30)26(25(15)2)17-11-7-4-8-12-17)24-21(29)18(13-19(27)28)23-14-16-9-5-3-6-10-16/h3-12,18,23H,13-14H2,1-2H3,(H,24,29)(H,27,28). The zero-order valence-electron chi connectivity index (χ0n) is 16.9. The number of carboxylic acid groups (broad SMARTS) is 1. The van der Waals surface area contributed by atoms with Crippen LogP contribution in [0.3, 0.4) is 0 Å². The molecule has 3 rings (SSSR count). The molecule has 0 bridgehead atoms. The van der Waals surface area contributed by atoms with Gasteiger partial charge in [0, 0.05) is 25.0 Å². The second kappa shape index (κ2) is 9.23. The average molecular weight is 408 g/mol. The Kier molecular flexibility index (Phi) is 6.48. The first kappa shape index (κ1) is 21.1. The molecule has 0 radical (unpaired) electrons. The minimum Gasteiger partial charge on any atom is -0.550 e. The van der Waals surface area contributed by atoms with Crippen LogP contribution >= 0.6 is 0 Å². The molecule has 8 nitrogen and oxygen atoms in total. The highest BCUT2D eigenvalue weighted by Crippen LogP contribution is 2.14. The summed E-state index contributed by atoms with van der Waals surface area (Å²) in [5.41, 5.74) is 1.92. The first-order valence-corrected chi connectivity index (χ1v) is 9.60. The van der Waals surface area contributed by atoms with Crippen LogP contribution in [0, 0.1) is 6.92 Å². The molecule has 0 saturated heterocycles. The Bertz CT molecular complexity index is 1090. The van der Waals surface area contributed by atoms with Crippen molar-refractivity contribution >= 4 is 17.6 Å². The van der Waals surface area contributed by atoms with Crippen molar-refractivity contribution in [1.82, 2.24) is 9.36 Å². The highest BCUT2D eigenvalue weighted by molar-refractivity contribution is 5.96. The molecule has 1 amide bonds. The molecular weight excluding hydrogens is 384 g/mol. The molecule has 1 aromatic heterocycles. The number of carboxylic acids is 1. The van der Waals surface area contributed by atoms with Gasteiger partial charge in [0.25, 0.3) is 11.5 Å². The normalized spacial score (nSPS) is 11.8. The number of nitrogens with one attached hydrogen (secondary N) is 1. The van der Waals surface area contributed by atoms with Crippen molar-refractivity contribution in [2.75, 3.05) is 5.32 Å². The number of aliphatic carboxylic acids is 1. The molecule has 1 heterocycles. The molecule has 1 unspecified atom stereocenters. The van der Waals surface area contributed by atoms with Crippen molar-refractivity contribution in [2.24, 2.45) is 7.05 Å². The molecule has 0 spiro atoms. The number of amides is 1. The maximum absolute atomic E-state index is 13.0. The smallest absolute Gasteiger partial charge is 0.295 e. The lowest BCUT2D eigenvalue weighted by molar-refractivity contribution is -0.691. The first-order valence-electron chi connectivity index (χ1n) is 9.60. The number of nitrogens with zero attached hydrogens (tertiary/aromatic N) is 2. The predicted octanol–water partition coefficient (Wildman–Crippen LogP) is -0.305. The summed E-state index contributed by atoms with van der Waals surface area (Å²) in [5.74, 6) is -1.88. The van der Waals surface area contributed by atoms with Crippen molar-refractivity contribution in [2.45, 2.75) is 25.9 Å². The van der Waals surface area contributed by atoms with Crippen LogP contribution in [0.1, 0.15) is 17.7 Å². The molecule has 3 aromatic rings. The zero-order valence-corrected chi connectivity index (χ0v) is 16.9. The number of benzene rings is 2. The summed E-state index contributed by atoms with van der Waals surface area (Å²) in [7, 11) is 1.72. The molecule has 3 N–H and O–H groups in total. The number of hydrogen-bond acceptors (Lipinski definition) is 4. The molecular formula is C22H24N4O4. The lowest BCUT2D eigenvalue weighted by Gasteiger charge is -2.15. The summed E-state index contributed by atoms with van der Waals surface area (Å²) in [6, 6.07) is 17.5. The van der Waals surface area contributed by atoms with Gasteiger partial charge >= 0.3 is 0 Å². The molecule has 1 atom stereocenters. The molecule has 156 valence electrons. The van der Waals surface area contributed by atoms with Crippen LogP contribution in [0.25, 0.3) is 5.69 Å². The van der Waals surface area contributed by atoms with Crippen molar-refractivity contribution in [3.8, 4) is 5.69 Å². The second-order valence-corrected chi connectivity index (χ2v) is 7.03. The number of anilines is 1. The van der Waals surface area contributed by atoms with Crippen LogP contribution < -0.4 is 21.3 Å². The number of nitrogens with two attached hydrogens (primary N) is 1. The Labute approximate surface area is 173 Å².